The topological polar surface area (TPSA) is 214 Å². The zero-order valence-corrected chi connectivity index (χ0v) is 51.5. The highest BCUT2D eigenvalue weighted by molar-refractivity contribution is 5.69. The van der Waals surface area contributed by atoms with E-state index in [2.05, 4.69) is 184 Å². The van der Waals surface area contributed by atoms with Crippen molar-refractivity contribution >= 4 is 5.97 Å². The van der Waals surface area contributed by atoms with Crippen LogP contribution in [0.4, 0.5) is 0 Å². The first-order valence-electron chi connectivity index (χ1n) is 31.7. The molecule has 85 heavy (non-hydrogen) atoms. The molecule has 2 heterocycles. The molecule has 14 nitrogen and oxygen atoms in total. The third kappa shape index (κ3) is 40.4. The van der Waals surface area contributed by atoms with E-state index in [1.807, 2.05) is 0 Å². The molecule has 478 valence electrons. The molecule has 0 saturated carbocycles. The Hall–Kier alpha value is -4.65. The standard InChI is InChI=1S/C71H110O14/c1-3-5-7-9-11-13-15-17-19-21-23-25-27-29-31-33-35-37-39-41-43-45-47-49-51-53-55-80-57-60(58-81-70-69(79)67(77)65(75)62(85-70)59-82-71-68(78)66(76)64(74)61(56-72)84-71)83-63(73)54-52-50-48-46-44-42-40-38-36-34-32-30-28-26-24-22-20-18-16-14-12-10-8-6-4-2/h5-8,11-14,17-20,23-26,29-32,35-38,41-44,60-62,64-72,74-79H,3-4,9-10,15-16,21-22,27-28,33-34,39-40,45-59H2,1-2H3/b7-5-,8-6-,13-11-,14-12-,19-17-,20-18-,25-23-,26-24-,31-29-,32-30-,37-35-,38-36-,43-41-,44-42-. The van der Waals surface area contributed by atoms with Gasteiger partial charge in [-0.3, -0.25) is 4.79 Å². The van der Waals surface area contributed by atoms with Crippen molar-refractivity contribution in [3.05, 3.63) is 170 Å². The van der Waals surface area contributed by atoms with E-state index in [0.29, 0.717) is 13.0 Å². The number of hydrogen-bond donors (Lipinski definition) is 7. The molecule has 0 radical (unpaired) electrons. The fourth-order valence-electron chi connectivity index (χ4n) is 8.71. The summed E-state index contributed by atoms with van der Waals surface area (Å²) in [4.78, 5) is 13.1. The van der Waals surface area contributed by atoms with Crippen LogP contribution in [0.25, 0.3) is 0 Å². The summed E-state index contributed by atoms with van der Waals surface area (Å²) in [5.74, 6) is -0.425. The molecule has 2 aliphatic rings. The van der Waals surface area contributed by atoms with Crippen LogP contribution in [0.3, 0.4) is 0 Å². The predicted octanol–water partition coefficient (Wildman–Crippen LogP) is 12.7. The minimum atomic E-state index is -1.73. The second-order valence-corrected chi connectivity index (χ2v) is 21.1. The van der Waals surface area contributed by atoms with E-state index in [1.54, 1.807) is 0 Å². The number of esters is 1. The molecule has 2 saturated heterocycles. The molecule has 11 unspecified atom stereocenters. The molecule has 0 aromatic rings. The molecular formula is C71H110O14. The Labute approximate surface area is 511 Å². The number of allylic oxidation sites excluding steroid dienone is 28. The zero-order chi connectivity index (χ0) is 61.5. The minimum Gasteiger partial charge on any atom is -0.457 e. The lowest BCUT2D eigenvalue weighted by molar-refractivity contribution is -0.332. The summed E-state index contributed by atoms with van der Waals surface area (Å²) >= 11 is 0. The molecule has 0 amide bonds. The van der Waals surface area contributed by atoms with Gasteiger partial charge >= 0.3 is 5.97 Å². The molecule has 0 bridgehead atoms. The minimum absolute atomic E-state index is 0.0161. The average molecular weight is 1190 g/mol. The van der Waals surface area contributed by atoms with Crippen LogP contribution in [0.2, 0.25) is 0 Å². The van der Waals surface area contributed by atoms with Gasteiger partial charge in [0.25, 0.3) is 0 Å². The molecule has 7 N–H and O–H groups in total. The first-order chi connectivity index (χ1) is 41.6. The molecule has 14 heteroatoms. The van der Waals surface area contributed by atoms with Crippen LogP contribution in [0.5, 0.6) is 0 Å². The van der Waals surface area contributed by atoms with E-state index < -0.39 is 86.7 Å². The highest BCUT2D eigenvalue weighted by Crippen LogP contribution is 2.26. The summed E-state index contributed by atoms with van der Waals surface area (Å²) in [5, 5.41) is 72.5. The fourth-order valence-corrected chi connectivity index (χ4v) is 8.71. The van der Waals surface area contributed by atoms with Crippen molar-refractivity contribution in [2.45, 2.75) is 235 Å². The Balaban J connectivity index is 1.74. The Bertz CT molecular complexity index is 2060. The van der Waals surface area contributed by atoms with Gasteiger partial charge in [0.2, 0.25) is 0 Å². The molecule has 11 atom stereocenters. The lowest BCUT2D eigenvalue weighted by atomic mass is 9.98. The van der Waals surface area contributed by atoms with Gasteiger partial charge in [-0.2, -0.15) is 0 Å². The van der Waals surface area contributed by atoms with Crippen molar-refractivity contribution in [3.63, 3.8) is 0 Å². The van der Waals surface area contributed by atoms with E-state index in [9.17, 15) is 40.5 Å². The third-order valence-electron chi connectivity index (χ3n) is 13.7. The molecule has 0 spiro atoms. The first-order valence-corrected chi connectivity index (χ1v) is 31.7. The third-order valence-corrected chi connectivity index (χ3v) is 13.7. The van der Waals surface area contributed by atoms with Crippen LogP contribution >= 0.6 is 0 Å². The Morgan fingerprint density at radius 3 is 1.13 bits per heavy atom. The van der Waals surface area contributed by atoms with Crippen molar-refractivity contribution in [2.75, 3.05) is 33.0 Å². The molecule has 0 aromatic carbocycles. The largest absolute Gasteiger partial charge is 0.457 e. The van der Waals surface area contributed by atoms with Crippen molar-refractivity contribution in [1.82, 2.24) is 0 Å². The number of rotatable bonds is 49. The Morgan fingerprint density at radius 2 is 0.729 bits per heavy atom. The molecule has 0 aromatic heterocycles. The van der Waals surface area contributed by atoms with Gasteiger partial charge in [0.15, 0.2) is 12.6 Å². The van der Waals surface area contributed by atoms with E-state index >= 15 is 0 Å². The fraction of sp³-hybridized carbons (Fsp3) is 0.592. The Morgan fingerprint density at radius 1 is 0.388 bits per heavy atom. The van der Waals surface area contributed by atoms with Crippen LogP contribution in [0, 0.1) is 0 Å². The van der Waals surface area contributed by atoms with E-state index in [-0.39, 0.29) is 19.6 Å². The molecule has 0 aliphatic carbocycles. The number of carbonyl (C=O) groups excluding carboxylic acids is 1. The van der Waals surface area contributed by atoms with Crippen molar-refractivity contribution in [3.8, 4) is 0 Å². The number of ether oxygens (including phenoxy) is 6. The number of hydrogen-bond acceptors (Lipinski definition) is 14. The summed E-state index contributed by atoms with van der Waals surface area (Å²) in [6, 6.07) is 0. The lowest BCUT2D eigenvalue weighted by Gasteiger charge is -2.42. The second kappa shape index (κ2) is 54.7. The highest BCUT2D eigenvalue weighted by Gasteiger charge is 2.47. The van der Waals surface area contributed by atoms with Crippen LogP contribution in [-0.4, -0.2) is 142 Å². The van der Waals surface area contributed by atoms with Gasteiger partial charge in [-0.05, 0) is 128 Å². The van der Waals surface area contributed by atoms with Gasteiger partial charge in [0.05, 0.1) is 26.4 Å². The van der Waals surface area contributed by atoms with Crippen molar-refractivity contribution < 1.29 is 69.0 Å². The van der Waals surface area contributed by atoms with Gasteiger partial charge in [0.1, 0.15) is 54.9 Å². The van der Waals surface area contributed by atoms with Gasteiger partial charge < -0.3 is 64.2 Å². The van der Waals surface area contributed by atoms with Gasteiger partial charge in [-0.1, -0.05) is 203 Å². The maximum Gasteiger partial charge on any atom is 0.306 e. The summed E-state index contributed by atoms with van der Waals surface area (Å²) in [5.41, 5.74) is 0. The molecule has 2 aliphatic heterocycles. The quantitative estimate of drug-likeness (QED) is 0.0172. The molecule has 2 fully saturated rings. The zero-order valence-electron chi connectivity index (χ0n) is 51.5. The van der Waals surface area contributed by atoms with Gasteiger partial charge in [-0.25, -0.2) is 0 Å². The van der Waals surface area contributed by atoms with Gasteiger partial charge in [0, 0.05) is 13.0 Å². The lowest BCUT2D eigenvalue weighted by Crippen LogP contribution is -2.61. The number of carbonyl (C=O) groups is 1. The van der Waals surface area contributed by atoms with Crippen LogP contribution in [0.1, 0.15) is 168 Å². The number of unbranched alkanes of at least 4 members (excludes halogenated alkanes) is 7. The van der Waals surface area contributed by atoms with Crippen LogP contribution in [-0.2, 0) is 33.2 Å². The van der Waals surface area contributed by atoms with Crippen LogP contribution in [0.15, 0.2) is 170 Å². The maximum atomic E-state index is 13.1. The maximum absolute atomic E-state index is 13.1. The first kappa shape index (κ1) is 76.4. The summed E-state index contributed by atoms with van der Waals surface area (Å²) < 4.78 is 34.4. The smallest absolute Gasteiger partial charge is 0.306 e. The second-order valence-electron chi connectivity index (χ2n) is 21.1. The molecular weight excluding hydrogens is 1080 g/mol. The highest BCUT2D eigenvalue weighted by atomic mass is 16.7. The average Bonchev–Trinajstić information content (AvgIpc) is 2.82. The van der Waals surface area contributed by atoms with Crippen LogP contribution < -0.4 is 0 Å². The van der Waals surface area contributed by atoms with Crippen molar-refractivity contribution in [2.24, 2.45) is 0 Å². The normalized spacial score (nSPS) is 24.3. The SMILES string of the molecule is CC/C=C\C/C=C\C/C=C\C/C=C\C/C=C\C/C=C\C/C=C\CCCCCCOCC(COC1OC(COC2OC(CO)C(O)C(O)C2O)C(O)C(O)C1O)OC(=O)CCCCC/C=C\C/C=C\C/C=C\C/C=C\C/C=C\C/C=C\C/C=C\CC. The van der Waals surface area contributed by atoms with E-state index in [1.165, 1.54) is 0 Å². The van der Waals surface area contributed by atoms with E-state index in [4.69, 9.17) is 28.4 Å². The van der Waals surface area contributed by atoms with Gasteiger partial charge in [-0.15, -0.1) is 0 Å². The summed E-state index contributed by atoms with van der Waals surface area (Å²) in [6.07, 6.45) is 66.9. The Kier molecular flexibility index (Phi) is 49.2. The number of aliphatic hydroxyl groups excluding tert-OH is 7. The predicted molar refractivity (Wildman–Crippen MR) is 343 cm³/mol. The molecule has 2 rings (SSSR count). The van der Waals surface area contributed by atoms with E-state index in [0.717, 1.165) is 141 Å². The monoisotopic (exact) mass is 1190 g/mol. The summed E-state index contributed by atoms with van der Waals surface area (Å²) in [6.45, 7) is 3.31. The summed E-state index contributed by atoms with van der Waals surface area (Å²) in [7, 11) is 0. The number of aliphatic hydroxyl groups is 7. The van der Waals surface area contributed by atoms with Crippen molar-refractivity contribution in [1.29, 1.82) is 0 Å².